The summed E-state index contributed by atoms with van der Waals surface area (Å²) in [5, 5.41) is 3.09. The normalized spacial score (nSPS) is 12.8. The molecule has 26 heavy (non-hydrogen) atoms. The van der Waals surface area contributed by atoms with Crippen LogP contribution >= 0.6 is 15.9 Å². The van der Waals surface area contributed by atoms with E-state index in [0.717, 1.165) is 40.8 Å². The molecular weight excluding hydrogens is 388 g/mol. The minimum atomic E-state index is 0.00775. The molecule has 1 N–H and O–H groups in total. The Bertz CT molecular complexity index is 855. The monoisotopic (exact) mass is 412 g/mol. The summed E-state index contributed by atoms with van der Waals surface area (Å²) in [4.78, 5) is 14.6. The maximum Gasteiger partial charge on any atom is 0.228 e. The fraction of sp³-hybridized carbons (Fsp3) is 0.318. The second-order valence-corrected chi connectivity index (χ2v) is 8.09. The van der Waals surface area contributed by atoms with Crippen molar-refractivity contribution < 1.29 is 4.79 Å². The largest absolute Gasteiger partial charge is 0.367 e. The van der Waals surface area contributed by atoms with E-state index < -0.39 is 0 Å². The standard InChI is InChI=1S/C22H25BrN2O/c1-14(2)11-21(26)24-22-15(3)12-20-19(16(22)4)9-10-25(20)13-17-5-7-18(23)8-6-17/h5-8,12H,1,9-11,13H2,2-4H3,(H,24,26). The average molecular weight is 413 g/mol. The van der Waals surface area contributed by atoms with Gasteiger partial charge in [0.1, 0.15) is 0 Å². The zero-order valence-electron chi connectivity index (χ0n) is 15.7. The summed E-state index contributed by atoms with van der Waals surface area (Å²) >= 11 is 3.49. The number of amides is 1. The van der Waals surface area contributed by atoms with Crippen LogP contribution in [0.3, 0.4) is 0 Å². The fourth-order valence-electron chi connectivity index (χ4n) is 3.59. The Morgan fingerprint density at radius 2 is 1.96 bits per heavy atom. The van der Waals surface area contributed by atoms with E-state index in [0.29, 0.717) is 6.42 Å². The van der Waals surface area contributed by atoms with E-state index in [2.05, 4.69) is 76.9 Å². The van der Waals surface area contributed by atoms with Gasteiger partial charge in [0.25, 0.3) is 0 Å². The molecule has 3 rings (SSSR count). The molecule has 1 aliphatic heterocycles. The van der Waals surface area contributed by atoms with Crippen LogP contribution in [0.5, 0.6) is 0 Å². The van der Waals surface area contributed by atoms with Crippen LogP contribution in [-0.2, 0) is 17.8 Å². The van der Waals surface area contributed by atoms with Crippen LogP contribution in [0.25, 0.3) is 0 Å². The molecule has 1 heterocycles. The Morgan fingerprint density at radius 3 is 2.62 bits per heavy atom. The Balaban J connectivity index is 1.84. The summed E-state index contributed by atoms with van der Waals surface area (Å²) in [7, 11) is 0. The van der Waals surface area contributed by atoms with Crippen LogP contribution in [0.4, 0.5) is 11.4 Å². The average Bonchev–Trinajstić information content (AvgIpc) is 2.96. The molecule has 0 fully saturated rings. The van der Waals surface area contributed by atoms with Crippen LogP contribution in [0, 0.1) is 13.8 Å². The Morgan fingerprint density at radius 1 is 1.27 bits per heavy atom. The number of nitrogens with zero attached hydrogens (tertiary/aromatic N) is 1. The molecular formula is C22H25BrN2O. The van der Waals surface area contributed by atoms with Crippen molar-refractivity contribution in [2.75, 3.05) is 16.8 Å². The molecule has 0 bridgehead atoms. The molecule has 136 valence electrons. The van der Waals surface area contributed by atoms with Crippen molar-refractivity contribution in [2.45, 2.75) is 40.2 Å². The Hall–Kier alpha value is -2.07. The molecule has 0 aliphatic carbocycles. The molecule has 2 aromatic rings. The maximum absolute atomic E-state index is 12.2. The molecule has 3 nitrogen and oxygen atoms in total. The summed E-state index contributed by atoms with van der Waals surface area (Å²) < 4.78 is 1.10. The number of carbonyl (C=O) groups is 1. The summed E-state index contributed by atoms with van der Waals surface area (Å²) in [6, 6.07) is 10.7. The molecule has 0 radical (unpaired) electrons. The van der Waals surface area contributed by atoms with Crippen molar-refractivity contribution in [1.82, 2.24) is 0 Å². The molecule has 0 spiro atoms. The van der Waals surface area contributed by atoms with Gasteiger partial charge in [0.2, 0.25) is 5.91 Å². The van der Waals surface area contributed by atoms with Gasteiger partial charge in [-0.2, -0.15) is 0 Å². The Kier molecular flexibility index (Phi) is 5.52. The summed E-state index contributed by atoms with van der Waals surface area (Å²) in [6.07, 6.45) is 1.38. The van der Waals surface area contributed by atoms with E-state index in [4.69, 9.17) is 0 Å². The highest BCUT2D eigenvalue weighted by Gasteiger charge is 2.24. The first-order chi connectivity index (χ1) is 12.3. The van der Waals surface area contributed by atoms with E-state index in [1.54, 1.807) is 0 Å². The first-order valence-corrected chi connectivity index (χ1v) is 9.71. The first-order valence-electron chi connectivity index (χ1n) is 8.92. The molecule has 0 atom stereocenters. The predicted molar refractivity (Wildman–Crippen MR) is 113 cm³/mol. The number of rotatable bonds is 5. The number of halogens is 1. The van der Waals surface area contributed by atoms with Crippen molar-refractivity contribution in [2.24, 2.45) is 0 Å². The summed E-state index contributed by atoms with van der Waals surface area (Å²) in [5.41, 5.74) is 8.07. The zero-order chi connectivity index (χ0) is 18.8. The van der Waals surface area contributed by atoms with Gasteiger partial charge in [0.05, 0.1) is 0 Å². The van der Waals surface area contributed by atoms with Crippen LogP contribution < -0.4 is 10.2 Å². The molecule has 0 unspecified atom stereocenters. The SMILES string of the molecule is C=C(C)CC(=O)Nc1c(C)cc2c(c1C)CCN2Cc1ccc(Br)cc1. The lowest BCUT2D eigenvalue weighted by Gasteiger charge is -2.22. The number of benzene rings is 2. The van der Waals surface area contributed by atoms with Gasteiger partial charge in [-0.3, -0.25) is 4.79 Å². The van der Waals surface area contributed by atoms with E-state index in [1.165, 1.54) is 22.4 Å². The van der Waals surface area contributed by atoms with Gasteiger partial charge in [-0.1, -0.05) is 40.2 Å². The summed E-state index contributed by atoms with van der Waals surface area (Å²) in [5.74, 6) is 0.00775. The lowest BCUT2D eigenvalue weighted by molar-refractivity contribution is -0.115. The molecule has 4 heteroatoms. The lowest BCUT2D eigenvalue weighted by Crippen LogP contribution is -2.20. The van der Waals surface area contributed by atoms with Gasteiger partial charge in [-0.25, -0.2) is 0 Å². The van der Waals surface area contributed by atoms with Crippen molar-refractivity contribution in [3.63, 3.8) is 0 Å². The number of carbonyl (C=O) groups excluding carboxylic acids is 1. The third kappa shape index (κ3) is 4.01. The minimum absolute atomic E-state index is 0.00775. The fourth-order valence-corrected chi connectivity index (χ4v) is 3.86. The van der Waals surface area contributed by atoms with Crippen molar-refractivity contribution in [3.05, 3.63) is 69.2 Å². The molecule has 0 aromatic heterocycles. The molecule has 0 saturated heterocycles. The number of nitrogens with one attached hydrogen (secondary N) is 1. The number of anilines is 2. The van der Waals surface area contributed by atoms with E-state index in [9.17, 15) is 4.79 Å². The molecule has 0 saturated carbocycles. The highest BCUT2D eigenvalue weighted by molar-refractivity contribution is 9.10. The first kappa shape index (κ1) is 18.7. The highest BCUT2D eigenvalue weighted by Crippen LogP contribution is 2.37. The molecule has 1 aliphatic rings. The van der Waals surface area contributed by atoms with Crippen LogP contribution in [-0.4, -0.2) is 12.5 Å². The zero-order valence-corrected chi connectivity index (χ0v) is 17.2. The minimum Gasteiger partial charge on any atom is -0.367 e. The molecule has 1 amide bonds. The third-order valence-corrected chi connectivity index (χ3v) is 5.40. The number of hydrogen-bond acceptors (Lipinski definition) is 2. The topological polar surface area (TPSA) is 32.3 Å². The maximum atomic E-state index is 12.2. The van der Waals surface area contributed by atoms with Gasteiger partial charge < -0.3 is 10.2 Å². The van der Waals surface area contributed by atoms with Gasteiger partial charge in [-0.15, -0.1) is 0 Å². The van der Waals surface area contributed by atoms with Crippen LogP contribution in [0.2, 0.25) is 0 Å². The highest BCUT2D eigenvalue weighted by atomic mass is 79.9. The van der Waals surface area contributed by atoms with Crippen LogP contribution in [0.15, 0.2) is 47.0 Å². The summed E-state index contributed by atoms with van der Waals surface area (Å²) in [6.45, 7) is 11.8. The second-order valence-electron chi connectivity index (χ2n) is 7.17. The van der Waals surface area contributed by atoms with Crippen molar-refractivity contribution >= 4 is 33.2 Å². The quantitative estimate of drug-likeness (QED) is 0.654. The van der Waals surface area contributed by atoms with Gasteiger partial charge in [0.15, 0.2) is 0 Å². The van der Waals surface area contributed by atoms with Crippen LogP contribution in [0.1, 0.15) is 35.6 Å². The van der Waals surface area contributed by atoms with Gasteiger partial charge >= 0.3 is 0 Å². The number of aryl methyl sites for hydroxylation is 1. The predicted octanol–water partition coefficient (Wildman–Crippen LogP) is 5.53. The Labute approximate surface area is 164 Å². The van der Waals surface area contributed by atoms with Gasteiger partial charge in [0, 0.05) is 35.4 Å². The lowest BCUT2D eigenvalue weighted by atomic mass is 9.99. The second kappa shape index (κ2) is 7.67. The van der Waals surface area contributed by atoms with E-state index in [-0.39, 0.29) is 5.91 Å². The van der Waals surface area contributed by atoms with E-state index >= 15 is 0 Å². The van der Waals surface area contributed by atoms with Crippen molar-refractivity contribution in [1.29, 1.82) is 0 Å². The third-order valence-electron chi connectivity index (χ3n) is 4.87. The van der Waals surface area contributed by atoms with Gasteiger partial charge in [-0.05, 0) is 67.6 Å². The smallest absolute Gasteiger partial charge is 0.228 e. The van der Waals surface area contributed by atoms with E-state index in [1.807, 2.05) is 6.92 Å². The number of fused-ring (bicyclic) bond motifs is 1. The molecule has 2 aromatic carbocycles. The number of hydrogen-bond donors (Lipinski definition) is 1. The van der Waals surface area contributed by atoms with Crippen molar-refractivity contribution in [3.8, 4) is 0 Å².